The highest BCUT2D eigenvalue weighted by Crippen LogP contribution is 2.35. The number of morpholine rings is 1. The standard InChI is InChI=1S/C20H21F3N2O2S/c21-20(22,23)16-6-7-18(25-8-10-27-11-9-25)17(12-16)24-19(26)14-28-13-15-4-2-1-3-5-15/h1-7,12H,8-11,13-14H2,(H,24,26). The van der Waals surface area contributed by atoms with Crippen molar-refractivity contribution >= 4 is 29.0 Å². The van der Waals surface area contributed by atoms with Gasteiger partial charge in [-0.05, 0) is 23.8 Å². The summed E-state index contributed by atoms with van der Waals surface area (Å²) >= 11 is 1.42. The molecule has 28 heavy (non-hydrogen) atoms. The van der Waals surface area contributed by atoms with Crippen molar-refractivity contribution in [3.05, 3.63) is 59.7 Å². The average Bonchev–Trinajstić information content (AvgIpc) is 2.69. The zero-order valence-electron chi connectivity index (χ0n) is 15.2. The predicted molar refractivity (Wildman–Crippen MR) is 106 cm³/mol. The Bertz CT molecular complexity index is 794. The molecule has 0 bridgehead atoms. The molecule has 2 aromatic rings. The van der Waals surface area contributed by atoms with Crippen molar-refractivity contribution in [2.24, 2.45) is 0 Å². The van der Waals surface area contributed by atoms with E-state index in [9.17, 15) is 18.0 Å². The number of benzene rings is 2. The molecule has 4 nitrogen and oxygen atoms in total. The minimum absolute atomic E-state index is 0.160. The second-order valence-electron chi connectivity index (χ2n) is 6.36. The maximum atomic E-state index is 13.1. The maximum Gasteiger partial charge on any atom is 0.416 e. The Kier molecular flexibility index (Phi) is 6.85. The summed E-state index contributed by atoms with van der Waals surface area (Å²) in [4.78, 5) is 14.3. The van der Waals surface area contributed by atoms with Gasteiger partial charge in [0.15, 0.2) is 0 Å². The Morgan fingerprint density at radius 3 is 2.50 bits per heavy atom. The second-order valence-corrected chi connectivity index (χ2v) is 7.34. The van der Waals surface area contributed by atoms with Gasteiger partial charge in [0.05, 0.1) is 35.9 Å². The maximum absolute atomic E-state index is 13.1. The lowest BCUT2D eigenvalue weighted by Crippen LogP contribution is -2.37. The topological polar surface area (TPSA) is 41.6 Å². The number of alkyl halides is 3. The van der Waals surface area contributed by atoms with Crippen molar-refractivity contribution < 1.29 is 22.7 Å². The lowest BCUT2D eigenvalue weighted by molar-refractivity contribution is -0.137. The van der Waals surface area contributed by atoms with Gasteiger partial charge in [-0.1, -0.05) is 30.3 Å². The molecule has 1 amide bonds. The molecule has 1 N–H and O–H groups in total. The molecule has 0 radical (unpaired) electrons. The van der Waals surface area contributed by atoms with Crippen LogP contribution in [0.4, 0.5) is 24.5 Å². The molecule has 1 saturated heterocycles. The van der Waals surface area contributed by atoms with Crippen LogP contribution in [-0.4, -0.2) is 38.0 Å². The minimum atomic E-state index is -4.47. The second kappa shape index (κ2) is 9.34. The number of carbonyl (C=O) groups excluding carboxylic acids is 1. The lowest BCUT2D eigenvalue weighted by atomic mass is 10.1. The first-order valence-corrected chi connectivity index (χ1v) is 10.0. The van der Waals surface area contributed by atoms with Gasteiger partial charge in [0.25, 0.3) is 0 Å². The molecular weight excluding hydrogens is 389 g/mol. The van der Waals surface area contributed by atoms with Crippen LogP contribution in [-0.2, 0) is 21.5 Å². The van der Waals surface area contributed by atoms with Crippen LogP contribution in [0.3, 0.4) is 0 Å². The van der Waals surface area contributed by atoms with Gasteiger partial charge in [0.2, 0.25) is 5.91 Å². The number of thioether (sulfide) groups is 1. The van der Waals surface area contributed by atoms with E-state index in [4.69, 9.17) is 4.74 Å². The summed E-state index contributed by atoms with van der Waals surface area (Å²) in [5.41, 5.74) is 1.07. The Hall–Kier alpha value is -2.19. The Labute approximate surface area is 166 Å². The third-order valence-electron chi connectivity index (χ3n) is 4.29. The molecule has 1 aliphatic heterocycles. The number of ether oxygens (including phenoxy) is 1. The van der Waals surface area contributed by atoms with Gasteiger partial charge in [-0.3, -0.25) is 4.79 Å². The minimum Gasteiger partial charge on any atom is -0.378 e. The molecule has 3 rings (SSSR count). The Morgan fingerprint density at radius 2 is 1.82 bits per heavy atom. The smallest absolute Gasteiger partial charge is 0.378 e. The van der Waals surface area contributed by atoms with Gasteiger partial charge >= 0.3 is 6.18 Å². The average molecular weight is 410 g/mol. The lowest BCUT2D eigenvalue weighted by Gasteiger charge is -2.31. The van der Waals surface area contributed by atoms with Gasteiger partial charge < -0.3 is 15.0 Å². The van der Waals surface area contributed by atoms with Crippen molar-refractivity contribution in [1.82, 2.24) is 0 Å². The van der Waals surface area contributed by atoms with Crippen LogP contribution in [0.1, 0.15) is 11.1 Å². The molecular formula is C20H21F3N2O2S. The zero-order valence-corrected chi connectivity index (χ0v) is 16.0. The summed E-state index contributed by atoms with van der Waals surface area (Å²) in [5.74, 6) is 0.496. The summed E-state index contributed by atoms with van der Waals surface area (Å²) in [6.07, 6.45) is -4.47. The summed E-state index contributed by atoms with van der Waals surface area (Å²) in [7, 11) is 0. The molecule has 1 heterocycles. The summed E-state index contributed by atoms with van der Waals surface area (Å²) < 4.78 is 44.7. The largest absolute Gasteiger partial charge is 0.416 e. The molecule has 1 aliphatic rings. The van der Waals surface area contributed by atoms with E-state index in [1.165, 1.54) is 17.8 Å². The number of carbonyl (C=O) groups is 1. The van der Waals surface area contributed by atoms with E-state index in [0.29, 0.717) is 37.7 Å². The van der Waals surface area contributed by atoms with E-state index in [2.05, 4.69) is 5.32 Å². The van der Waals surface area contributed by atoms with E-state index < -0.39 is 11.7 Å². The van der Waals surface area contributed by atoms with Crippen molar-refractivity contribution in [1.29, 1.82) is 0 Å². The zero-order chi connectivity index (χ0) is 20.0. The van der Waals surface area contributed by atoms with E-state index in [-0.39, 0.29) is 17.3 Å². The van der Waals surface area contributed by atoms with Gasteiger partial charge in [-0.25, -0.2) is 0 Å². The molecule has 2 aromatic carbocycles. The number of halogens is 3. The fourth-order valence-electron chi connectivity index (χ4n) is 2.91. The molecule has 0 aromatic heterocycles. The third-order valence-corrected chi connectivity index (χ3v) is 5.30. The van der Waals surface area contributed by atoms with Gasteiger partial charge in [0.1, 0.15) is 0 Å². The molecule has 150 valence electrons. The van der Waals surface area contributed by atoms with Crippen LogP contribution in [0.25, 0.3) is 0 Å². The summed E-state index contributed by atoms with van der Waals surface area (Å²) in [6.45, 7) is 2.14. The fraction of sp³-hybridized carbons (Fsp3) is 0.350. The van der Waals surface area contributed by atoms with Crippen LogP contribution in [0, 0.1) is 0 Å². The highest BCUT2D eigenvalue weighted by molar-refractivity contribution is 7.99. The first-order valence-electron chi connectivity index (χ1n) is 8.89. The molecule has 1 fully saturated rings. The van der Waals surface area contributed by atoms with E-state index in [1.54, 1.807) is 0 Å². The normalized spacial score (nSPS) is 14.8. The van der Waals surface area contributed by atoms with Crippen LogP contribution >= 0.6 is 11.8 Å². The molecule has 0 atom stereocenters. The first-order chi connectivity index (χ1) is 13.4. The Morgan fingerprint density at radius 1 is 1.11 bits per heavy atom. The van der Waals surface area contributed by atoms with Crippen molar-refractivity contribution in [3.8, 4) is 0 Å². The number of rotatable bonds is 6. The number of amides is 1. The van der Waals surface area contributed by atoms with Crippen molar-refractivity contribution in [2.45, 2.75) is 11.9 Å². The number of hydrogen-bond acceptors (Lipinski definition) is 4. The van der Waals surface area contributed by atoms with Gasteiger partial charge in [-0.15, -0.1) is 11.8 Å². The fourth-order valence-corrected chi connectivity index (χ4v) is 3.70. The molecule has 0 unspecified atom stereocenters. The number of nitrogens with one attached hydrogen (secondary N) is 1. The van der Waals surface area contributed by atoms with Crippen LogP contribution in [0.5, 0.6) is 0 Å². The van der Waals surface area contributed by atoms with Gasteiger partial charge in [0, 0.05) is 18.8 Å². The summed E-state index contributed by atoms with van der Waals surface area (Å²) in [6, 6.07) is 13.2. The quantitative estimate of drug-likeness (QED) is 0.766. The molecule has 0 aliphatic carbocycles. The summed E-state index contributed by atoms with van der Waals surface area (Å²) in [5, 5.41) is 2.66. The first kappa shape index (κ1) is 20.5. The molecule has 8 heteroatoms. The van der Waals surface area contributed by atoms with Crippen molar-refractivity contribution in [3.63, 3.8) is 0 Å². The highest BCUT2D eigenvalue weighted by atomic mass is 32.2. The molecule has 0 spiro atoms. The number of hydrogen-bond donors (Lipinski definition) is 1. The highest BCUT2D eigenvalue weighted by Gasteiger charge is 2.31. The third kappa shape index (κ3) is 5.65. The van der Waals surface area contributed by atoms with E-state index in [1.807, 2.05) is 35.2 Å². The SMILES string of the molecule is O=C(CSCc1ccccc1)Nc1cc(C(F)(F)F)ccc1N1CCOCC1. The molecule has 0 saturated carbocycles. The van der Waals surface area contributed by atoms with Crippen LogP contribution in [0.2, 0.25) is 0 Å². The van der Waals surface area contributed by atoms with Crippen molar-refractivity contribution in [2.75, 3.05) is 42.3 Å². The Balaban J connectivity index is 1.69. The van der Waals surface area contributed by atoms with Gasteiger partial charge in [-0.2, -0.15) is 13.2 Å². The number of anilines is 2. The monoisotopic (exact) mass is 410 g/mol. The van der Waals surface area contributed by atoms with Crippen LogP contribution < -0.4 is 10.2 Å². The van der Waals surface area contributed by atoms with E-state index in [0.717, 1.165) is 17.7 Å². The predicted octanol–water partition coefficient (Wildman–Crippen LogP) is 4.41. The van der Waals surface area contributed by atoms with E-state index >= 15 is 0 Å². The number of nitrogens with zero attached hydrogens (tertiary/aromatic N) is 1. The van der Waals surface area contributed by atoms with Crippen LogP contribution in [0.15, 0.2) is 48.5 Å².